The molecule has 1 aromatic carbocycles. The molecule has 0 amide bonds. The predicted molar refractivity (Wildman–Crippen MR) is 141 cm³/mol. The summed E-state index contributed by atoms with van der Waals surface area (Å²) >= 11 is 0. The maximum absolute atomic E-state index is 11.9. The van der Waals surface area contributed by atoms with Gasteiger partial charge in [0, 0.05) is 12.8 Å². The number of hydrogen-bond acceptors (Lipinski definition) is 4. The number of ether oxygens (including phenoxy) is 2. The molecule has 1 rings (SSSR count). The Morgan fingerprint density at radius 3 is 1.62 bits per heavy atom. The number of carbonyl (C=O) groups is 2. The van der Waals surface area contributed by atoms with Gasteiger partial charge in [0.25, 0.3) is 0 Å². The summed E-state index contributed by atoms with van der Waals surface area (Å²) in [5.74, 6) is 0.0585. The van der Waals surface area contributed by atoms with Gasteiger partial charge in [-0.2, -0.15) is 0 Å². The van der Waals surface area contributed by atoms with E-state index in [4.69, 9.17) is 9.47 Å². The van der Waals surface area contributed by atoms with Crippen LogP contribution in [0, 0.1) is 6.92 Å². The zero-order valence-corrected chi connectivity index (χ0v) is 22.1. The van der Waals surface area contributed by atoms with Crippen molar-refractivity contribution < 1.29 is 19.1 Å². The highest BCUT2D eigenvalue weighted by Crippen LogP contribution is 2.17. The van der Waals surface area contributed by atoms with Crippen LogP contribution in [0.25, 0.3) is 0 Å². The molecule has 0 spiro atoms. The number of hydrogen-bond donors (Lipinski definition) is 0. The normalized spacial score (nSPS) is 10.9. The highest BCUT2D eigenvalue weighted by Gasteiger charge is 2.09. The average molecular weight is 475 g/mol. The van der Waals surface area contributed by atoms with Crippen molar-refractivity contribution in [2.75, 3.05) is 6.61 Å². The Morgan fingerprint density at radius 1 is 0.618 bits per heavy atom. The highest BCUT2D eigenvalue weighted by molar-refractivity contribution is 5.74. The molecule has 0 unspecified atom stereocenters. The molecule has 0 saturated carbocycles. The van der Waals surface area contributed by atoms with Crippen molar-refractivity contribution in [1.29, 1.82) is 0 Å². The summed E-state index contributed by atoms with van der Waals surface area (Å²) in [5, 5.41) is 0. The van der Waals surface area contributed by atoms with Crippen LogP contribution in [-0.2, 0) is 14.3 Å². The second-order valence-electron chi connectivity index (χ2n) is 9.62. The lowest BCUT2D eigenvalue weighted by Crippen LogP contribution is -2.11. The van der Waals surface area contributed by atoms with E-state index in [9.17, 15) is 9.59 Å². The summed E-state index contributed by atoms with van der Waals surface area (Å²) in [6, 6.07) is 7.42. The number of rotatable bonds is 22. The first kappa shape index (κ1) is 30.2. The fraction of sp³-hybridized carbons (Fsp3) is 0.733. The number of para-hydroxylation sites is 1. The van der Waals surface area contributed by atoms with Gasteiger partial charge in [0.2, 0.25) is 0 Å². The minimum atomic E-state index is -0.306. The molecule has 0 heterocycles. The van der Waals surface area contributed by atoms with Crippen molar-refractivity contribution >= 4 is 11.9 Å². The van der Waals surface area contributed by atoms with E-state index in [1.165, 1.54) is 89.9 Å². The van der Waals surface area contributed by atoms with Crippen molar-refractivity contribution in [3.63, 3.8) is 0 Å². The molecule has 0 N–H and O–H groups in total. The Morgan fingerprint density at radius 2 is 1.09 bits per heavy atom. The first-order valence-electron chi connectivity index (χ1n) is 14.1. The Balaban J connectivity index is 1.81. The molecule has 4 nitrogen and oxygen atoms in total. The van der Waals surface area contributed by atoms with Crippen molar-refractivity contribution in [2.45, 2.75) is 136 Å². The molecule has 0 atom stereocenters. The molecule has 194 valence electrons. The predicted octanol–water partition coefficient (Wildman–Crippen LogP) is 8.88. The smallest absolute Gasteiger partial charge is 0.311 e. The zero-order valence-electron chi connectivity index (χ0n) is 22.1. The Labute approximate surface area is 209 Å². The van der Waals surface area contributed by atoms with Gasteiger partial charge in [-0.05, 0) is 31.4 Å². The lowest BCUT2D eigenvalue weighted by atomic mass is 10.0. The third-order valence-electron chi connectivity index (χ3n) is 6.34. The van der Waals surface area contributed by atoms with Crippen molar-refractivity contribution in [3.05, 3.63) is 29.8 Å². The lowest BCUT2D eigenvalue weighted by molar-refractivity contribution is -0.144. The van der Waals surface area contributed by atoms with Gasteiger partial charge in [-0.15, -0.1) is 0 Å². The van der Waals surface area contributed by atoms with Crippen LogP contribution < -0.4 is 4.74 Å². The van der Waals surface area contributed by atoms with Crippen molar-refractivity contribution in [1.82, 2.24) is 0 Å². The molecule has 4 heteroatoms. The fourth-order valence-electron chi connectivity index (χ4n) is 4.13. The van der Waals surface area contributed by atoms with Gasteiger partial charge in [-0.3, -0.25) is 9.59 Å². The molecule has 0 aromatic heterocycles. The Hall–Kier alpha value is -1.84. The van der Waals surface area contributed by atoms with Crippen LogP contribution in [0.5, 0.6) is 5.75 Å². The van der Waals surface area contributed by atoms with Crippen LogP contribution in [0.3, 0.4) is 0 Å². The van der Waals surface area contributed by atoms with E-state index in [-0.39, 0.29) is 24.8 Å². The van der Waals surface area contributed by atoms with E-state index >= 15 is 0 Å². The number of benzene rings is 1. The van der Waals surface area contributed by atoms with Crippen LogP contribution in [0.4, 0.5) is 0 Å². The largest absolute Gasteiger partial charge is 0.466 e. The molecular weight excluding hydrogens is 424 g/mol. The molecule has 0 radical (unpaired) electrons. The molecule has 0 fully saturated rings. The van der Waals surface area contributed by atoms with Gasteiger partial charge in [0.05, 0.1) is 6.61 Å². The van der Waals surface area contributed by atoms with E-state index in [0.717, 1.165) is 18.4 Å². The molecular formula is C30H50O4. The van der Waals surface area contributed by atoms with Crippen LogP contribution in [0.2, 0.25) is 0 Å². The molecule has 34 heavy (non-hydrogen) atoms. The van der Waals surface area contributed by atoms with Crippen molar-refractivity contribution in [2.24, 2.45) is 0 Å². The average Bonchev–Trinajstić information content (AvgIpc) is 2.82. The molecule has 1 aromatic rings. The number of esters is 2. The first-order valence-corrected chi connectivity index (χ1v) is 14.1. The third-order valence-corrected chi connectivity index (χ3v) is 6.34. The maximum atomic E-state index is 11.9. The summed E-state index contributed by atoms with van der Waals surface area (Å²) in [4.78, 5) is 23.7. The lowest BCUT2D eigenvalue weighted by Gasteiger charge is -2.07. The van der Waals surface area contributed by atoms with Crippen LogP contribution >= 0.6 is 0 Å². The van der Waals surface area contributed by atoms with E-state index in [0.29, 0.717) is 18.8 Å². The maximum Gasteiger partial charge on any atom is 0.311 e. The summed E-state index contributed by atoms with van der Waals surface area (Å²) < 4.78 is 10.6. The van der Waals surface area contributed by atoms with Gasteiger partial charge in [-0.25, -0.2) is 0 Å². The molecule has 0 saturated heterocycles. The molecule has 0 bridgehead atoms. The zero-order chi connectivity index (χ0) is 24.7. The number of aryl methyl sites for hydroxylation is 1. The van der Waals surface area contributed by atoms with Crippen molar-refractivity contribution in [3.8, 4) is 5.75 Å². The number of carbonyl (C=O) groups excluding carboxylic acids is 2. The molecule has 0 aliphatic carbocycles. The monoisotopic (exact) mass is 474 g/mol. The highest BCUT2D eigenvalue weighted by atomic mass is 16.5. The molecule has 0 aliphatic rings. The summed E-state index contributed by atoms with van der Waals surface area (Å²) in [6.07, 6.45) is 22.2. The number of unbranched alkanes of at least 4 members (excludes halogenated alkanes) is 15. The minimum Gasteiger partial charge on any atom is -0.466 e. The van der Waals surface area contributed by atoms with Gasteiger partial charge in [0.1, 0.15) is 5.75 Å². The Bertz CT molecular complexity index is 640. The van der Waals surface area contributed by atoms with E-state index in [1.807, 2.05) is 25.1 Å². The standard InChI is InChI=1S/C30H50O4/c1-3-4-5-6-7-8-9-10-11-12-13-14-15-16-17-20-26-33-29(31)24-21-25-30(32)34-28-23-19-18-22-27(28)2/h18-19,22-23H,3-17,20-21,24-26H2,1-2H3. The second-order valence-corrected chi connectivity index (χ2v) is 9.62. The van der Waals surface area contributed by atoms with Gasteiger partial charge >= 0.3 is 11.9 Å². The fourth-order valence-corrected chi connectivity index (χ4v) is 4.13. The van der Waals surface area contributed by atoms with Crippen LogP contribution in [0.1, 0.15) is 134 Å². The second kappa shape index (κ2) is 21.7. The van der Waals surface area contributed by atoms with Gasteiger partial charge in [-0.1, -0.05) is 121 Å². The van der Waals surface area contributed by atoms with Gasteiger partial charge < -0.3 is 9.47 Å². The van der Waals surface area contributed by atoms with E-state index in [1.54, 1.807) is 6.07 Å². The molecule has 0 aliphatic heterocycles. The minimum absolute atomic E-state index is 0.218. The van der Waals surface area contributed by atoms with E-state index < -0.39 is 0 Å². The summed E-state index contributed by atoms with van der Waals surface area (Å²) in [6.45, 7) is 4.67. The third kappa shape index (κ3) is 17.6. The van der Waals surface area contributed by atoms with Gasteiger partial charge in [0.15, 0.2) is 0 Å². The van der Waals surface area contributed by atoms with E-state index in [2.05, 4.69) is 6.92 Å². The Kier molecular flexibility index (Phi) is 19.2. The summed E-state index contributed by atoms with van der Waals surface area (Å²) in [5.41, 5.74) is 0.925. The first-order chi connectivity index (χ1) is 16.6. The van der Waals surface area contributed by atoms with Crippen LogP contribution in [-0.4, -0.2) is 18.5 Å². The summed E-state index contributed by atoms with van der Waals surface area (Å²) in [7, 11) is 0. The van der Waals surface area contributed by atoms with Crippen LogP contribution in [0.15, 0.2) is 24.3 Å². The SMILES string of the molecule is CCCCCCCCCCCCCCCCCCOC(=O)CCCC(=O)Oc1ccccc1C. The topological polar surface area (TPSA) is 52.6 Å². The quantitative estimate of drug-likeness (QED) is 0.0956.